The van der Waals surface area contributed by atoms with Gasteiger partial charge in [-0.1, -0.05) is 29.8 Å². The lowest BCUT2D eigenvalue weighted by molar-refractivity contribution is -0.137. The predicted octanol–water partition coefficient (Wildman–Crippen LogP) is 2.92. The number of carbonyl (C=O) groups is 2. The second-order valence-electron chi connectivity index (χ2n) is 6.35. The van der Waals surface area contributed by atoms with Crippen LogP contribution in [0.5, 0.6) is 0 Å². The lowest BCUT2D eigenvalue weighted by Crippen LogP contribution is -2.31. The van der Waals surface area contributed by atoms with E-state index in [1.165, 1.54) is 6.20 Å². The maximum Gasteiger partial charge on any atom is 0.322 e. The van der Waals surface area contributed by atoms with Crippen molar-refractivity contribution < 1.29 is 23.5 Å². The summed E-state index contributed by atoms with van der Waals surface area (Å²) < 4.78 is 27.6. The second kappa shape index (κ2) is 11.7. The molecule has 0 bridgehead atoms. The van der Waals surface area contributed by atoms with Crippen LogP contribution in [-0.4, -0.2) is 53.3 Å². The number of rotatable bonds is 5. The molecule has 0 spiro atoms. The van der Waals surface area contributed by atoms with Gasteiger partial charge in [-0.3, -0.25) is 4.79 Å². The van der Waals surface area contributed by atoms with Crippen molar-refractivity contribution in [2.24, 2.45) is 0 Å². The van der Waals surface area contributed by atoms with Crippen LogP contribution in [0, 0.1) is 6.92 Å². The summed E-state index contributed by atoms with van der Waals surface area (Å²) in [6, 6.07) is 11.7. The fourth-order valence-electron chi connectivity index (χ4n) is 2.39. The van der Waals surface area contributed by atoms with Crippen LogP contribution in [-0.2, 0) is 9.59 Å². The maximum atomic E-state index is 12.9. The summed E-state index contributed by atoms with van der Waals surface area (Å²) in [6.45, 7) is 5.49. The van der Waals surface area contributed by atoms with Gasteiger partial charge >= 0.3 is 5.92 Å². The molecule has 0 aliphatic rings. The number of aliphatic hydroxyl groups excluding tert-OH is 1. The summed E-state index contributed by atoms with van der Waals surface area (Å²) in [6.07, 6.45) is 3.36. The van der Waals surface area contributed by atoms with Gasteiger partial charge in [-0.2, -0.15) is 8.78 Å². The highest BCUT2D eigenvalue weighted by Gasteiger charge is 2.32. The largest absolute Gasteiger partial charge is 0.395 e. The number of hydrogen-bond donors (Lipinski definition) is 3. The van der Waals surface area contributed by atoms with Crippen molar-refractivity contribution in [1.82, 2.24) is 14.7 Å². The van der Waals surface area contributed by atoms with Gasteiger partial charge in [-0.25, -0.2) is 4.98 Å². The standard InChI is InChI=1S/C17H15F2N3O.C3H9NO.CH2O/c1-11-4-3-5-12(8-11)13-6-7-15-20-14(10-22(15)9-13)21-16(23)17(2,18)19;1-4-2-3-5;1-2/h3-10H,1-2H3,(H,21,23);4-5H,2-3H2,1H3;1H2. The molecule has 0 fully saturated rings. The molecule has 1 amide bonds. The van der Waals surface area contributed by atoms with Crippen LogP contribution in [0.4, 0.5) is 14.6 Å². The van der Waals surface area contributed by atoms with Gasteiger partial charge in [0.05, 0.1) is 12.8 Å². The number of imidazole rings is 1. The number of aryl methyl sites for hydroxylation is 1. The van der Waals surface area contributed by atoms with Crippen LogP contribution in [0.1, 0.15) is 12.5 Å². The molecule has 9 heteroatoms. The molecule has 2 heterocycles. The highest BCUT2D eigenvalue weighted by atomic mass is 19.3. The summed E-state index contributed by atoms with van der Waals surface area (Å²) in [5.74, 6) is -4.72. The first kappa shape index (κ1) is 24.9. The molecule has 3 aromatic rings. The van der Waals surface area contributed by atoms with Crippen LogP contribution in [0.15, 0.2) is 48.8 Å². The van der Waals surface area contributed by atoms with Crippen LogP contribution < -0.4 is 10.6 Å². The van der Waals surface area contributed by atoms with Crippen molar-refractivity contribution in [3.63, 3.8) is 0 Å². The summed E-state index contributed by atoms with van der Waals surface area (Å²) in [5.41, 5.74) is 3.73. The summed E-state index contributed by atoms with van der Waals surface area (Å²) in [4.78, 5) is 23.4. The van der Waals surface area contributed by atoms with E-state index in [1.807, 2.05) is 44.2 Å². The molecule has 7 nitrogen and oxygen atoms in total. The fourth-order valence-corrected chi connectivity index (χ4v) is 2.39. The minimum Gasteiger partial charge on any atom is -0.395 e. The smallest absolute Gasteiger partial charge is 0.322 e. The minimum absolute atomic E-state index is 0.0953. The normalized spacial score (nSPS) is 10.5. The molecular formula is C21H26F2N4O3. The first-order valence-corrected chi connectivity index (χ1v) is 9.04. The number of carbonyl (C=O) groups excluding carboxylic acids is 2. The number of nitrogens with zero attached hydrogens (tertiary/aromatic N) is 2. The number of halogens is 2. The molecule has 30 heavy (non-hydrogen) atoms. The Kier molecular flexibility index (Phi) is 9.73. The first-order chi connectivity index (χ1) is 14.2. The average Bonchev–Trinajstić information content (AvgIpc) is 3.11. The molecule has 162 valence electrons. The monoisotopic (exact) mass is 420 g/mol. The number of nitrogens with one attached hydrogen (secondary N) is 2. The number of aliphatic hydroxyl groups is 1. The second-order valence-corrected chi connectivity index (χ2v) is 6.35. The Balaban J connectivity index is 0.000000565. The minimum atomic E-state index is -3.44. The van der Waals surface area contributed by atoms with E-state index in [1.54, 1.807) is 17.5 Å². The quantitative estimate of drug-likeness (QED) is 0.590. The van der Waals surface area contributed by atoms with E-state index in [2.05, 4.69) is 21.7 Å². The van der Waals surface area contributed by atoms with Crippen molar-refractivity contribution in [2.75, 3.05) is 25.5 Å². The number of fused-ring (bicyclic) bond motifs is 1. The first-order valence-electron chi connectivity index (χ1n) is 9.04. The average molecular weight is 420 g/mol. The zero-order valence-corrected chi connectivity index (χ0v) is 17.2. The van der Waals surface area contributed by atoms with Gasteiger partial charge in [0.2, 0.25) is 0 Å². The van der Waals surface area contributed by atoms with Crippen molar-refractivity contribution in [3.05, 3.63) is 54.4 Å². The zero-order valence-electron chi connectivity index (χ0n) is 17.2. The lowest BCUT2D eigenvalue weighted by Gasteiger charge is -2.07. The van der Waals surface area contributed by atoms with E-state index in [0.717, 1.165) is 16.7 Å². The fraction of sp³-hybridized carbons (Fsp3) is 0.286. The van der Waals surface area contributed by atoms with Crippen LogP contribution >= 0.6 is 0 Å². The molecule has 3 N–H and O–H groups in total. The Labute approximate surface area is 173 Å². The molecule has 1 aromatic carbocycles. The number of likely N-dealkylation sites (N-methyl/N-ethyl adjacent to an activating group) is 1. The van der Waals surface area contributed by atoms with Gasteiger partial charge in [0.25, 0.3) is 5.91 Å². The van der Waals surface area contributed by atoms with Crippen LogP contribution in [0.3, 0.4) is 0 Å². The van der Waals surface area contributed by atoms with Gasteiger partial charge in [0.15, 0.2) is 5.82 Å². The molecule has 0 radical (unpaired) electrons. The van der Waals surface area contributed by atoms with Crippen molar-refractivity contribution in [1.29, 1.82) is 0 Å². The number of anilines is 1. The van der Waals surface area contributed by atoms with E-state index in [-0.39, 0.29) is 12.4 Å². The van der Waals surface area contributed by atoms with Crippen molar-refractivity contribution in [2.45, 2.75) is 19.8 Å². The van der Waals surface area contributed by atoms with Crippen LogP contribution in [0.25, 0.3) is 16.8 Å². The molecule has 0 atom stereocenters. The highest BCUT2D eigenvalue weighted by Crippen LogP contribution is 2.22. The van der Waals surface area contributed by atoms with Gasteiger partial charge in [-0.05, 0) is 37.2 Å². The Morgan fingerprint density at radius 3 is 2.43 bits per heavy atom. The molecule has 2 aromatic heterocycles. The number of hydrogen-bond acceptors (Lipinski definition) is 5. The molecule has 0 saturated heterocycles. The third-order valence-electron chi connectivity index (χ3n) is 3.80. The van der Waals surface area contributed by atoms with E-state index >= 15 is 0 Å². The predicted molar refractivity (Wildman–Crippen MR) is 113 cm³/mol. The van der Waals surface area contributed by atoms with Crippen molar-refractivity contribution >= 4 is 24.2 Å². The Morgan fingerprint density at radius 1 is 1.20 bits per heavy atom. The summed E-state index contributed by atoms with van der Waals surface area (Å²) in [7, 11) is 1.80. The lowest BCUT2D eigenvalue weighted by atomic mass is 10.1. The van der Waals surface area contributed by atoms with Gasteiger partial charge in [0, 0.05) is 19.7 Å². The summed E-state index contributed by atoms with van der Waals surface area (Å²) >= 11 is 0. The third kappa shape index (κ3) is 7.34. The molecular weight excluding hydrogens is 394 g/mol. The van der Waals surface area contributed by atoms with E-state index < -0.39 is 11.8 Å². The molecule has 0 unspecified atom stereocenters. The highest BCUT2D eigenvalue weighted by molar-refractivity contribution is 5.95. The van der Waals surface area contributed by atoms with Crippen LogP contribution in [0.2, 0.25) is 0 Å². The Morgan fingerprint density at radius 2 is 1.90 bits per heavy atom. The van der Waals surface area contributed by atoms with Gasteiger partial charge in [-0.15, -0.1) is 0 Å². The molecule has 3 rings (SSSR count). The summed E-state index contributed by atoms with van der Waals surface area (Å²) in [5, 5.41) is 12.9. The maximum absolute atomic E-state index is 12.9. The Hall–Kier alpha value is -3.17. The van der Waals surface area contributed by atoms with E-state index in [9.17, 15) is 13.6 Å². The number of alkyl halides is 2. The number of aromatic nitrogens is 2. The number of amides is 1. The Bertz CT molecular complexity index is 953. The van der Waals surface area contributed by atoms with E-state index in [4.69, 9.17) is 9.90 Å². The van der Waals surface area contributed by atoms with E-state index in [0.29, 0.717) is 19.1 Å². The third-order valence-corrected chi connectivity index (χ3v) is 3.80. The molecule has 0 aliphatic heterocycles. The van der Waals surface area contributed by atoms with Crippen molar-refractivity contribution in [3.8, 4) is 11.1 Å². The zero-order chi connectivity index (χ0) is 22.7. The SMILES string of the molecule is C=O.CNCCO.Cc1cccc(-c2ccc3nc(NC(=O)C(C)(F)F)cn3c2)c1. The number of benzene rings is 1. The number of pyridine rings is 1. The topological polar surface area (TPSA) is 95.7 Å². The van der Waals surface area contributed by atoms with Gasteiger partial charge < -0.3 is 24.9 Å². The molecule has 0 aliphatic carbocycles. The molecule has 0 saturated carbocycles. The van der Waals surface area contributed by atoms with Gasteiger partial charge in [0.1, 0.15) is 12.4 Å².